The van der Waals surface area contributed by atoms with Gasteiger partial charge in [0.05, 0.1) is 5.69 Å². The first-order valence-corrected chi connectivity index (χ1v) is 10.6. The van der Waals surface area contributed by atoms with Crippen LogP contribution in [0.2, 0.25) is 0 Å². The van der Waals surface area contributed by atoms with Crippen molar-refractivity contribution in [2.45, 2.75) is 32.7 Å². The minimum absolute atomic E-state index is 0.0119. The second kappa shape index (κ2) is 9.23. The number of anilines is 1. The molecule has 5 nitrogen and oxygen atoms in total. The Morgan fingerprint density at radius 3 is 2.62 bits per heavy atom. The molecule has 152 valence electrons. The van der Waals surface area contributed by atoms with Gasteiger partial charge in [0.15, 0.2) is 0 Å². The van der Waals surface area contributed by atoms with Crippen molar-refractivity contribution in [3.05, 3.63) is 65.7 Å². The monoisotopic (exact) mass is 390 g/mol. The third-order valence-corrected chi connectivity index (χ3v) is 5.81. The fourth-order valence-electron chi connectivity index (χ4n) is 4.19. The summed E-state index contributed by atoms with van der Waals surface area (Å²) in [7, 11) is 0. The van der Waals surface area contributed by atoms with Crippen LogP contribution in [0.3, 0.4) is 0 Å². The van der Waals surface area contributed by atoms with E-state index in [1.54, 1.807) is 0 Å². The molecule has 2 aliphatic rings. The first-order chi connectivity index (χ1) is 14.2. The first-order valence-electron chi connectivity index (χ1n) is 10.6. The van der Waals surface area contributed by atoms with Crippen LogP contribution in [0.25, 0.3) is 0 Å². The number of carbonyl (C=O) groups excluding carboxylic acids is 1. The highest BCUT2D eigenvalue weighted by Crippen LogP contribution is 2.21. The summed E-state index contributed by atoms with van der Waals surface area (Å²) in [5.74, 6) is 0.524. The van der Waals surface area contributed by atoms with E-state index in [4.69, 9.17) is 0 Å². The van der Waals surface area contributed by atoms with Gasteiger partial charge in [-0.3, -0.25) is 14.7 Å². The van der Waals surface area contributed by atoms with E-state index in [1.165, 1.54) is 18.4 Å². The van der Waals surface area contributed by atoms with Gasteiger partial charge in [-0.15, -0.1) is 0 Å². The van der Waals surface area contributed by atoms with Crippen LogP contribution in [0.15, 0.2) is 59.7 Å². The van der Waals surface area contributed by atoms with Crippen molar-refractivity contribution in [2.75, 3.05) is 31.2 Å². The van der Waals surface area contributed by atoms with E-state index in [0.717, 1.165) is 50.5 Å². The molecule has 29 heavy (non-hydrogen) atoms. The number of hydrogen-bond acceptors (Lipinski definition) is 4. The molecule has 0 radical (unpaired) electrons. The summed E-state index contributed by atoms with van der Waals surface area (Å²) < 4.78 is 0. The van der Waals surface area contributed by atoms with Crippen molar-refractivity contribution in [1.29, 1.82) is 0 Å². The summed E-state index contributed by atoms with van der Waals surface area (Å²) in [6.07, 6.45) is 3.37. The molecule has 2 heterocycles. The third kappa shape index (κ3) is 5.24. The molecule has 0 bridgehead atoms. The summed E-state index contributed by atoms with van der Waals surface area (Å²) in [5, 5.41) is 9.66. The first kappa shape index (κ1) is 19.6. The van der Waals surface area contributed by atoms with Gasteiger partial charge in [-0.2, -0.15) is 5.10 Å². The smallest absolute Gasteiger partial charge is 0.251 e. The molecule has 0 aromatic heterocycles. The highest BCUT2D eigenvalue weighted by atomic mass is 16.1. The molecule has 0 spiro atoms. The number of nitrogens with one attached hydrogen (secondary N) is 1. The van der Waals surface area contributed by atoms with Crippen LogP contribution in [-0.4, -0.2) is 42.7 Å². The van der Waals surface area contributed by atoms with E-state index in [9.17, 15) is 4.79 Å². The summed E-state index contributed by atoms with van der Waals surface area (Å²) in [6, 6.07) is 18.4. The number of carbonyl (C=O) groups is 1. The van der Waals surface area contributed by atoms with Crippen LogP contribution >= 0.6 is 0 Å². The molecule has 1 unspecified atom stereocenters. The second-order valence-corrected chi connectivity index (χ2v) is 8.19. The molecule has 1 fully saturated rings. The Kier molecular flexibility index (Phi) is 6.25. The number of benzene rings is 2. The van der Waals surface area contributed by atoms with E-state index >= 15 is 0 Å². The Labute approximate surface area is 173 Å². The number of likely N-dealkylation sites (tertiary alicyclic amines) is 1. The van der Waals surface area contributed by atoms with Gasteiger partial charge in [-0.05, 0) is 62.1 Å². The van der Waals surface area contributed by atoms with Gasteiger partial charge in [0.1, 0.15) is 0 Å². The number of amides is 1. The summed E-state index contributed by atoms with van der Waals surface area (Å²) in [5.41, 5.74) is 4.27. The summed E-state index contributed by atoms with van der Waals surface area (Å²) >= 11 is 0. The van der Waals surface area contributed by atoms with Crippen molar-refractivity contribution in [3.63, 3.8) is 0 Å². The Morgan fingerprint density at radius 2 is 1.90 bits per heavy atom. The zero-order valence-corrected chi connectivity index (χ0v) is 17.2. The van der Waals surface area contributed by atoms with Crippen LogP contribution in [0.4, 0.5) is 5.69 Å². The van der Waals surface area contributed by atoms with E-state index in [-0.39, 0.29) is 5.91 Å². The summed E-state index contributed by atoms with van der Waals surface area (Å²) in [4.78, 5) is 15.1. The maximum absolute atomic E-state index is 12.6. The van der Waals surface area contributed by atoms with Gasteiger partial charge >= 0.3 is 0 Å². The molecule has 0 aliphatic carbocycles. The zero-order valence-electron chi connectivity index (χ0n) is 17.2. The molecule has 1 atom stereocenters. The number of hydrazone groups is 1. The molecule has 4 rings (SSSR count). The molecule has 1 amide bonds. The molecule has 2 aliphatic heterocycles. The van der Waals surface area contributed by atoms with Crippen LogP contribution in [0.1, 0.15) is 42.1 Å². The van der Waals surface area contributed by atoms with E-state index < -0.39 is 0 Å². The standard InChI is InChI=1S/C24H30N4O/c1-19-13-15-28(26-19)23-11-9-22(10-12-23)24(29)25-16-21-8-5-14-27(18-21)17-20-6-3-2-4-7-20/h2-4,6-7,9-12,21H,5,8,13-18H2,1H3,(H,25,29). The number of nitrogens with zero attached hydrogens (tertiary/aromatic N) is 3. The maximum Gasteiger partial charge on any atom is 0.251 e. The average Bonchev–Trinajstić information content (AvgIpc) is 3.19. The van der Waals surface area contributed by atoms with Gasteiger partial charge in [-0.1, -0.05) is 30.3 Å². The molecular weight excluding hydrogens is 360 g/mol. The minimum Gasteiger partial charge on any atom is -0.352 e. The third-order valence-electron chi connectivity index (χ3n) is 5.81. The maximum atomic E-state index is 12.6. The minimum atomic E-state index is 0.0119. The normalized spacial score (nSPS) is 19.8. The number of piperidine rings is 1. The van der Waals surface area contributed by atoms with Crippen molar-refractivity contribution in [2.24, 2.45) is 11.0 Å². The fourth-order valence-corrected chi connectivity index (χ4v) is 4.19. The van der Waals surface area contributed by atoms with E-state index in [1.807, 2.05) is 36.2 Å². The molecule has 2 aromatic carbocycles. The van der Waals surface area contributed by atoms with Crippen molar-refractivity contribution >= 4 is 17.3 Å². The molecule has 0 saturated carbocycles. The van der Waals surface area contributed by atoms with Crippen LogP contribution in [-0.2, 0) is 6.54 Å². The Morgan fingerprint density at radius 1 is 1.10 bits per heavy atom. The Bertz CT molecular complexity index is 847. The summed E-state index contributed by atoms with van der Waals surface area (Å²) in [6.45, 7) is 6.87. The van der Waals surface area contributed by atoms with Gasteiger partial charge in [0.25, 0.3) is 5.91 Å². The van der Waals surface area contributed by atoms with Crippen LogP contribution in [0.5, 0.6) is 0 Å². The van der Waals surface area contributed by atoms with Crippen LogP contribution < -0.4 is 10.3 Å². The van der Waals surface area contributed by atoms with E-state index in [0.29, 0.717) is 11.5 Å². The predicted molar refractivity (Wildman–Crippen MR) is 118 cm³/mol. The Balaban J connectivity index is 1.26. The number of hydrogen-bond donors (Lipinski definition) is 1. The molecular formula is C24H30N4O. The highest BCUT2D eigenvalue weighted by molar-refractivity contribution is 5.94. The predicted octanol–water partition coefficient (Wildman–Crippen LogP) is 3.91. The zero-order chi connectivity index (χ0) is 20.1. The molecule has 1 N–H and O–H groups in total. The lowest BCUT2D eigenvalue weighted by Crippen LogP contribution is -2.40. The topological polar surface area (TPSA) is 47.9 Å². The van der Waals surface area contributed by atoms with Gasteiger partial charge in [0, 0.05) is 43.9 Å². The SMILES string of the molecule is CC1=NN(c2ccc(C(=O)NCC3CCCN(Cc4ccccc4)C3)cc2)CC1. The molecule has 1 saturated heterocycles. The second-order valence-electron chi connectivity index (χ2n) is 8.19. The largest absolute Gasteiger partial charge is 0.352 e. The lowest BCUT2D eigenvalue weighted by molar-refractivity contribution is 0.0930. The van der Waals surface area contributed by atoms with Gasteiger partial charge < -0.3 is 5.32 Å². The van der Waals surface area contributed by atoms with E-state index in [2.05, 4.69) is 45.6 Å². The molecule has 5 heteroatoms. The molecule has 2 aromatic rings. The van der Waals surface area contributed by atoms with Crippen molar-refractivity contribution in [3.8, 4) is 0 Å². The van der Waals surface area contributed by atoms with Gasteiger partial charge in [-0.25, -0.2) is 0 Å². The van der Waals surface area contributed by atoms with Crippen molar-refractivity contribution in [1.82, 2.24) is 10.2 Å². The quantitative estimate of drug-likeness (QED) is 0.813. The lowest BCUT2D eigenvalue weighted by Gasteiger charge is -2.32. The fraction of sp³-hybridized carbons (Fsp3) is 0.417. The lowest BCUT2D eigenvalue weighted by atomic mass is 9.97. The number of rotatable bonds is 6. The Hall–Kier alpha value is -2.66. The van der Waals surface area contributed by atoms with Crippen LogP contribution in [0, 0.1) is 5.92 Å². The van der Waals surface area contributed by atoms with Crippen molar-refractivity contribution < 1.29 is 4.79 Å². The average molecular weight is 391 g/mol. The highest BCUT2D eigenvalue weighted by Gasteiger charge is 2.21. The van der Waals surface area contributed by atoms with Gasteiger partial charge in [0.2, 0.25) is 0 Å².